The second-order valence-corrected chi connectivity index (χ2v) is 5.62. The van der Waals surface area contributed by atoms with Crippen molar-refractivity contribution in [3.63, 3.8) is 0 Å². The standard InChI is InChI=1S/C17H22N2O/c1-14-5-7-15(8-6-14)3-2-4-17(20)19-11-9-16(13-18)10-12-19/h5-8,16H,2-4,9-12H2,1H3. The van der Waals surface area contributed by atoms with E-state index in [9.17, 15) is 4.79 Å². The summed E-state index contributed by atoms with van der Waals surface area (Å²) < 4.78 is 0. The number of amides is 1. The molecule has 0 saturated carbocycles. The number of nitriles is 1. The van der Waals surface area contributed by atoms with Gasteiger partial charge in [-0.2, -0.15) is 5.26 Å². The summed E-state index contributed by atoms with van der Waals surface area (Å²) in [5.41, 5.74) is 2.57. The van der Waals surface area contributed by atoms with Gasteiger partial charge in [0.1, 0.15) is 0 Å². The largest absolute Gasteiger partial charge is 0.343 e. The Balaban J connectivity index is 1.70. The van der Waals surface area contributed by atoms with Crippen molar-refractivity contribution in [3.05, 3.63) is 35.4 Å². The van der Waals surface area contributed by atoms with Crippen molar-refractivity contribution in [3.8, 4) is 6.07 Å². The van der Waals surface area contributed by atoms with Crippen LogP contribution in [0.4, 0.5) is 0 Å². The lowest BCUT2D eigenvalue weighted by Gasteiger charge is -2.29. The van der Waals surface area contributed by atoms with Gasteiger partial charge >= 0.3 is 0 Å². The van der Waals surface area contributed by atoms with Gasteiger partial charge in [-0.3, -0.25) is 4.79 Å². The fourth-order valence-corrected chi connectivity index (χ4v) is 2.61. The number of carbonyl (C=O) groups is 1. The Morgan fingerprint density at radius 1 is 1.30 bits per heavy atom. The van der Waals surface area contributed by atoms with Crippen LogP contribution in [0, 0.1) is 24.2 Å². The van der Waals surface area contributed by atoms with Gasteiger partial charge in [0, 0.05) is 25.4 Å². The Hall–Kier alpha value is -1.82. The van der Waals surface area contributed by atoms with Crippen LogP contribution in [-0.4, -0.2) is 23.9 Å². The first-order valence-corrected chi connectivity index (χ1v) is 7.42. The van der Waals surface area contributed by atoms with Gasteiger partial charge in [-0.05, 0) is 38.2 Å². The molecule has 0 aliphatic carbocycles. The summed E-state index contributed by atoms with van der Waals surface area (Å²) in [6.07, 6.45) is 4.15. The Bertz CT molecular complexity index is 479. The summed E-state index contributed by atoms with van der Waals surface area (Å²) in [5, 5.41) is 8.85. The third kappa shape index (κ3) is 4.09. The van der Waals surface area contributed by atoms with Crippen LogP contribution in [0.25, 0.3) is 0 Å². The molecule has 1 aliphatic rings. The number of rotatable bonds is 4. The summed E-state index contributed by atoms with van der Waals surface area (Å²) in [4.78, 5) is 14.0. The summed E-state index contributed by atoms with van der Waals surface area (Å²) in [6, 6.07) is 10.8. The highest BCUT2D eigenvalue weighted by molar-refractivity contribution is 5.76. The van der Waals surface area contributed by atoms with Crippen LogP contribution in [0.15, 0.2) is 24.3 Å². The fraction of sp³-hybridized carbons (Fsp3) is 0.529. The second kappa shape index (κ2) is 7.09. The Morgan fingerprint density at radius 2 is 1.95 bits per heavy atom. The molecule has 1 saturated heterocycles. The summed E-state index contributed by atoms with van der Waals surface area (Å²) in [7, 11) is 0. The maximum Gasteiger partial charge on any atom is 0.222 e. The van der Waals surface area contributed by atoms with E-state index in [1.807, 2.05) is 4.90 Å². The van der Waals surface area contributed by atoms with Crippen molar-refractivity contribution >= 4 is 5.91 Å². The third-order valence-corrected chi connectivity index (χ3v) is 4.01. The van der Waals surface area contributed by atoms with Crippen molar-refractivity contribution < 1.29 is 4.79 Å². The Morgan fingerprint density at radius 3 is 2.55 bits per heavy atom. The highest BCUT2D eigenvalue weighted by Crippen LogP contribution is 2.17. The molecule has 2 rings (SSSR count). The number of aryl methyl sites for hydroxylation is 2. The molecule has 0 aromatic heterocycles. The lowest BCUT2D eigenvalue weighted by Crippen LogP contribution is -2.38. The van der Waals surface area contributed by atoms with E-state index in [2.05, 4.69) is 37.3 Å². The number of hydrogen-bond donors (Lipinski definition) is 0. The van der Waals surface area contributed by atoms with Gasteiger partial charge in [-0.25, -0.2) is 0 Å². The summed E-state index contributed by atoms with van der Waals surface area (Å²) in [5.74, 6) is 0.389. The van der Waals surface area contributed by atoms with Crippen LogP contribution in [0.5, 0.6) is 0 Å². The molecule has 3 nitrogen and oxygen atoms in total. The molecule has 0 spiro atoms. The van der Waals surface area contributed by atoms with Gasteiger partial charge in [0.25, 0.3) is 0 Å². The number of likely N-dealkylation sites (tertiary alicyclic amines) is 1. The van der Waals surface area contributed by atoms with Crippen molar-refractivity contribution in [2.75, 3.05) is 13.1 Å². The third-order valence-electron chi connectivity index (χ3n) is 4.01. The molecule has 0 atom stereocenters. The molecule has 106 valence electrons. The number of benzene rings is 1. The maximum absolute atomic E-state index is 12.1. The van der Waals surface area contributed by atoms with E-state index in [0.717, 1.165) is 38.8 Å². The molecule has 1 aromatic rings. The van der Waals surface area contributed by atoms with Crippen molar-refractivity contribution in [2.45, 2.75) is 39.0 Å². The number of carbonyl (C=O) groups excluding carboxylic acids is 1. The van der Waals surface area contributed by atoms with Gasteiger partial charge in [-0.15, -0.1) is 0 Å². The number of piperidine rings is 1. The normalized spacial score (nSPS) is 15.9. The predicted octanol–water partition coefficient (Wildman–Crippen LogP) is 3.08. The average Bonchev–Trinajstić information content (AvgIpc) is 2.49. The smallest absolute Gasteiger partial charge is 0.222 e. The van der Waals surface area contributed by atoms with E-state index in [-0.39, 0.29) is 11.8 Å². The van der Waals surface area contributed by atoms with E-state index in [1.54, 1.807) is 0 Å². The number of hydrogen-bond acceptors (Lipinski definition) is 2. The molecule has 0 unspecified atom stereocenters. The molecule has 1 aromatic carbocycles. The molecule has 20 heavy (non-hydrogen) atoms. The van der Waals surface area contributed by atoms with Crippen LogP contribution < -0.4 is 0 Å². The monoisotopic (exact) mass is 270 g/mol. The van der Waals surface area contributed by atoms with Gasteiger partial charge in [0.05, 0.1) is 6.07 Å². The zero-order valence-corrected chi connectivity index (χ0v) is 12.1. The molecule has 1 heterocycles. The van der Waals surface area contributed by atoms with Crippen molar-refractivity contribution in [2.24, 2.45) is 5.92 Å². The Kier molecular flexibility index (Phi) is 5.17. The lowest BCUT2D eigenvalue weighted by atomic mass is 9.98. The highest BCUT2D eigenvalue weighted by Gasteiger charge is 2.21. The molecule has 0 radical (unpaired) electrons. The molecular formula is C17H22N2O. The van der Waals surface area contributed by atoms with E-state index >= 15 is 0 Å². The van der Waals surface area contributed by atoms with Gasteiger partial charge in [0.15, 0.2) is 0 Å². The minimum Gasteiger partial charge on any atom is -0.343 e. The molecule has 3 heteroatoms. The van der Waals surface area contributed by atoms with E-state index < -0.39 is 0 Å². The summed E-state index contributed by atoms with van der Waals surface area (Å²) in [6.45, 7) is 3.58. The summed E-state index contributed by atoms with van der Waals surface area (Å²) >= 11 is 0. The second-order valence-electron chi connectivity index (χ2n) is 5.62. The van der Waals surface area contributed by atoms with Gasteiger partial charge < -0.3 is 4.90 Å². The average molecular weight is 270 g/mol. The molecule has 0 bridgehead atoms. The van der Waals surface area contributed by atoms with Crippen LogP contribution in [0.1, 0.15) is 36.8 Å². The predicted molar refractivity (Wildman–Crippen MR) is 79.0 cm³/mol. The fourth-order valence-electron chi connectivity index (χ4n) is 2.61. The van der Waals surface area contributed by atoms with Crippen LogP contribution in [0.3, 0.4) is 0 Å². The first-order chi connectivity index (χ1) is 9.69. The lowest BCUT2D eigenvalue weighted by molar-refractivity contribution is -0.132. The van der Waals surface area contributed by atoms with Crippen LogP contribution in [0.2, 0.25) is 0 Å². The molecular weight excluding hydrogens is 248 g/mol. The Labute approximate surface area is 121 Å². The zero-order valence-electron chi connectivity index (χ0n) is 12.1. The topological polar surface area (TPSA) is 44.1 Å². The van der Waals surface area contributed by atoms with Crippen molar-refractivity contribution in [1.82, 2.24) is 4.90 Å². The number of nitrogens with zero attached hydrogens (tertiary/aromatic N) is 2. The molecule has 0 N–H and O–H groups in total. The molecule has 1 amide bonds. The van der Waals surface area contributed by atoms with E-state index in [0.29, 0.717) is 6.42 Å². The van der Waals surface area contributed by atoms with Crippen molar-refractivity contribution in [1.29, 1.82) is 5.26 Å². The van der Waals surface area contributed by atoms with E-state index in [4.69, 9.17) is 5.26 Å². The molecule has 1 fully saturated rings. The highest BCUT2D eigenvalue weighted by atomic mass is 16.2. The minimum absolute atomic E-state index is 0.145. The first kappa shape index (κ1) is 14.6. The SMILES string of the molecule is Cc1ccc(CCCC(=O)N2CCC(C#N)CC2)cc1. The van der Waals surface area contributed by atoms with E-state index in [1.165, 1.54) is 11.1 Å². The first-order valence-electron chi connectivity index (χ1n) is 7.42. The minimum atomic E-state index is 0.145. The quantitative estimate of drug-likeness (QED) is 0.844. The molecule has 1 aliphatic heterocycles. The van der Waals surface area contributed by atoms with Gasteiger partial charge in [0.2, 0.25) is 5.91 Å². The van der Waals surface area contributed by atoms with Gasteiger partial charge in [-0.1, -0.05) is 29.8 Å². The van der Waals surface area contributed by atoms with Crippen LogP contribution in [-0.2, 0) is 11.2 Å². The zero-order chi connectivity index (χ0) is 14.4. The van der Waals surface area contributed by atoms with Crippen LogP contribution >= 0.6 is 0 Å². The maximum atomic E-state index is 12.1.